The number of allylic oxidation sites excluding steroid dienone is 1. The summed E-state index contributed by atoms with van der Waals surface area (Å²) in [4.78, 5) is 10.7. The molecule has 0 saturated carbocycles. The summed E-state index contributed by atoms with van der Waals surface area (Å²) in [7, 11) is 0. The average Bonchev–Trinajstić information content (AvgIpc) is 2.46. The van der Waals surface area contributed by atoms with Gasteiger partial charge in [-0.15, -0.1) is 0 Å². The van der Waals surface area contributed by atoms with Gasteiger partial charge in [0.15, 0.2) is 5.75 Å². The molecule has 0 aliphatic heterocycles. The quantitative estimate of drug-likeness (QED) is 0.387. The van der Waals surface area contributed by atoms with E-state index in [4.69, 9.17) is 27.9 Å². The maximum Gasteiger partial charge on any atom is 0.245 e. The number of benzene rings is 2. The molecular weight excluding hydrogens is 455 g/mol. The zero-order chi connectivity index (χ0) is 16.1. The van der Waals surface area contributed by atoms with Gasteiger partial charge in [0.25, 0.3) is 0 Å². The van der Waals surface area contributed by atoms with Gasteiger partial charge in [0, 0.05) is 10.0 Å². The minimum absolute atomic E-state index is 0.384. The lowest BCUT2D eigenvalue weighted by molar-refractivity contribution is -0.107. The average molecular weight is 465 g/mol. The molecule has 0 saturated heterocycles. The summed E-state index contributed by atoms with van der Waals surface area (Å²) in [5, 5.41) is -0.0930. The minimum atomic E-state index is -0.540. The van der Waals surface area contributed by atoms with E-state index in [1.165, 1.54) is 6.08 Å². The highest BCUT2D eigenvalue weighted by atomic mass is 79.9. The Morgan fingerprint density at radius 3 is 2.55 bits per heavy atom. The smallest absolute Gasteiger partial charge is 0.245 e. The van der Waals surface area contributed by atoms with Gasteiger partial charge in [-0.1, -0.05) is 51.8 Å². The van der Waals surface area contributed by atoms with Crippen LogP contribution in [0.5, 0.6) is 5.75 Å². The molecule has 0 aromatic heterocycles. The molecule has 0 aliphatic carbocycles. The predicted octanol–water partition coefficient (Wildman–Crippen LogP) is 6.22. The monoisotopic (exact) mass is 462 g/mol. The van der Waals surface area contributed by atoms with Crippen molar-refractivity contribution in [2.75, 3.05) is 0 Å². The van der Waals surface area contributed by atoms with Crippen LogP contribution in [0, 0.1) is 0 Å². The third-order valence-corrected chi connectivity index (χ3v) is 4.53. The van der Waals surface area contributed by atoms with Crippen LogP contribution >= 0.6 is 55.1 Å². The van der Waals surface area contributed by atoms with E-state index in [0.717, 1.165) is 15.6 Å². The molecule has 0 unspecified atom stereocenters. The first-order valence-corrected chi connectivity index (χ1v) is 8.54. The summed E-state index contributed by atoms with van der Waals surface area (Å²) in [6.07, 6.45) is 2.85. The molecule has 0 amide bonds. The Morgan fingerprint density at radius 1 is 1.18 bits per heavy atom. The molecular formula is C16H10Br2Cl2O2. The van der Waals surface area contributed by atoms with Crippen LogP contribution in [-0.2, 0) is 11.4 Å². The highest BCUT2D eigenvalue weighted by Crippen LogP contribution is 2.35. The van der Waals surface area contributed by atoms with Crippen LogP contribution in [0.15, 0.2) is 51.4 Å². The summed E-state index contributed by atoms with van der Waals surface area (Å²) in [6, 6.07) is 11.3. The van der Waals surface area contributed by atoms with Gasteiger partial charge in [-0.2, -0.15) is 0 Å². The minimum Gasteiger partial charge on any atom is -0.486 e. The summed E-state index contributed by atoms with van der Waals surface area (Å²) in [5.74, 6) is 0.548. The normalized spacial score (nSPS) is 10.9. The maximum absolute atomic E-state index is 10.7. The van der Waals surface area contributed by atoms with E-state index < -0.39 is 5.24 Å². The molecule has 0 fully saturated rings. The Bertz CT molecular complexity index is 707. The number of halogens is 4. The van der Waals surface area contributed by atoms with E-state index in [2.05, 4.69) is 31.9 Å². The molecule has 0 heterocycles. The van der Waals surface area contributed by atoms with E-state index in [9.17, 15) is 4.79 Å². The lowest BCUT2D eigenvalue weighted by Gasteiger charge is -2.12. The summed E-state index contributed by atoms with van der Waals surface area (Å²) >= 11 is 18.4. The third kappa shape index (κ3) is 4.85. The van der Waals surface area contributed by atoms with Crippen molar-refractivity contribution < 1.29 is 9.53 Å². The number of hydrogen-bond donors (Lipinski definition) is 0. The van der Waals surface area contributed by atoms with Gasteiger partial charge in [0.2, 0.25) is 5.24 Å². The van der Waals surface area contributed by atoms with Crippen molar-refractivity contribution in [1.29, 1.82) is 0 Å². The first kappa shape index (κ1) is 17.5. The molecule has 2 nitrogen and oxygen atoms in total. The molecule has 0 aliphatic rings. The lowest BCUT2D eigenvalue weighted by atomic mass is 10.2. The van der Waals surface area contributed by atoms with Gasteiger partial charge in [0.1, 0.15) is 6.61 Å². The molecule has 2 rings (SSSR count). The fourth-order valence-corrected chi connectivity index (χ4v) is 3.19. The molecule has 2 aromatic rings. The van der Waals surface area contributed by atoms with Crippen molar-refractivity contribution in [2.45, 2.75) is 6.61 Å². The van der Waals surface area contributed by atoms with Crippen molar-refractivity contribution in [3.8, 4) is 5.75 Å². The van der Waals surface area contributed by atoms with Gasteiger partial charge < -0.3 is 4.74 Å². The van der Waals surface area contributed by atoms with Gasteiger partial charge in [-0.25, -0.2) is 0 Å². The number of rotatable bonds is 5. The predicted molar refractivity (Wildman–Crippen MR) is 97.5 cm³/mol. The van der Waals surface area contributed by atoms with E-state index in [1.54, 1.807) is 18.2 Å². The topological polar surface area (TPSA) is 26.3 Å². The fourth-order valence-electron chi connectivity index (χ4n) is 1.74. The molecule has 0 bridgehead atoms. The van der Waals surface area contributed by atoms with Crippen molar-refractivity contribution in [3.63, 3.8) is 0 Å². The van der Waals surface area contributed by atoms with Crippen molar-refractivity contribution >= 4 is 66.4 Å². The zero-order valence-electron chi connectivity index (χ0n) is 11.2. The third-order valence-electron chi connectivity index (χ3n) is 2.76. The second-order valence-corrected chi connectivity index (χ2v) is 6.82. The number of ether oxygens (including phenoxy) is 1. The Hall–Kier alpha value is -0.810. The Balaban J connectivity index is 2.18. The Labute approximate surface area is 155 Å². The summed E-state index contributed by atoms with van der Waals surface area (Å²) in [5.41, 5.74) is 1.77. The largest absolute Gasteiger partial charge is 0.486 e. The van der Waals surface area contributed by atoms with Crippen LogP contribution < -0.4 is 4.74 Å². The van der Waals surface area contributed by atoms with Gasteiger partial charge >= 0.3 is 0 Å². The van der Waals surface area contributed by atoms with Crippen LogP contribution in [0.4, 0.5) is 0 Å². The number of hydrogen-bond acceptors (Lipinski definition) is 2. The molecule has 22 heavy (non-hydrogen) atoms. The number of carbonyl (C=O) groups excluding carboxylic acids is 1. The van der Waals surface area contributed by atoms with Gasteiger partial charge in [-0.3, -0.25) is 4.79 Å². The van der Waals surface area contributed by atoms with Crippen LogP contribution in [0.2, 0.25) is 5.02 Å². The molecule has 114 valence electrons. The van der Waals surface area contributed by atoms with Crippen molar-refractivity contribution in [2.24, 2.45) is 0 Å². The highest BCUT2D eigenvalue weighted by molar-refractivity contribution is 9.10. The van der Waals surface area contributed by atoms with E-state index >= 15 is 0 Å². The SMILES string of the molecule is O=C(Cl)/C=C/c1cc(Cl)c(OCc2ccccc2Br)c(Br)c1. The Kier molecular flexibility index (Phi) is 6.50. The van der Waals surface area contributed by atoms with Gasteiger partial charge in [-0.05, 0) is 57.4 Å². The van der Waals surface area contributed by atoms with E-state index in [1.807, 2.05) is 24.3 Å². The van der Waals surface area contributed by atoms with Crippen LogP contribution in [0.3, 0.4) is 0 Å². The zero-order valence-corrected chi connectivity index (χ0v) is 15.8. The summed E-state index contributed by atoms with van der Waals surface area (Å²) < 4.78 is 7.47. The lowest BCUT2D eigenvalue weighted by Crippen LogP contribution is -1.98. The molecule has 0 atom stereocenters. The highest BCUT2D eigenvalue weighted by Gasteiger charge is 2.10. The van der Waals surface area contributed by atoms with E-state index in [0.29, 0.717) is 21.9 Å². The molecule has 0 N–H and O–H groups in total. The van der Waals surface area contributed by atoms with E-state index in [-0.39, 0.29) is 0 Å². The van der Waals surface area contributed by atoms with Gasteiger partial charge in [0.05, 0.1) is 9.50 Å². The van der Waals surface area contributed by atoms with Crippen molar-refractivity contribution in [3.05, 3.63) is 67.6 Å². The first-order chi connectivity index (χ1) is 10.5. The number of carbonyl (C=O) groups is 1. The first-order valence-electron chi connectivity index (χ1n) is 6.20. The standard InChI is InChI=1S/C16H10Br2Cl2O2/c17-12-4-2-1-3-11(12)9-22-16-13(18)7-10(8-14(16)19)5-6-15(20)21/h1-8H,9H2/b6-5+. The Morgan fingerprint density at radius 2 is 1.91 bits per heavy atom. The second-order valence-electron chi connectivity index (χ2n) is 4.33. The molecule has 0 radical (unpaired) electrons. The maximum atomic E-state index is 10.7. The molecule has 6 heteroatoms. The van der Waals surface area contributed by atoms with Crippen LogP contribution in [0.25, 0.3) is 6.08 Å². The van der Waals surface area contributed by atoms with Crippen molar-refractivity contribution in [1.82, 2.24) is 0 Å². The summed E-state index contributed by atoms with van der Waals surface area (Å²) in [6.45, 7) is 0.384. The molecule has 0 spiro atoms. The van der Waals surface area contributed by atoms with Crippen LogP contribution in [0.1, 0.15) is 11.1 Å². The molecule has 2 aromatic carbocycles. The fraction of sp³-hybridized carbons (Fsp3) is 0.0625. The van der Waals surface area contributed by atoms with Crippen LogP contribution in [-0.4, -0.2) is 5.24 Å². The second kappa shape index (κ2) is 8.16.